The molecule has 3 aromatic heterocycles. The van der Waals surface area contributed by atoms with E-state index in [4.69, 9.17) is 21.3 Å². The van der Waals surface area contributed by atoms with Gasteiger partial charge in [0.15, 0.2) is 0 Å². The molecule has 7 rings (SSSR count). The standard InChI is InChI=1S/C29H32ClF3N8O/c1-2-18-15-40(10-8-34-18)26-21-12-35-24(19-5-3-6-22-20(19)13-36-39-22)23(29(30,32)33)25(21)37-27(38-26)42-16-28-7-4-9-41(28)14-17(31)11-28/h3,5-6,12-13,17-18,34H,2,4,7-11,14-16H2,1H3,(H,36,39)/t17-,18?,28+/m1/s1. The lowest BCUT2D eigenvalue weighted by Gasteiger charge is -2.35. The van der Waals surface area contributed by atoms with Gasteiger partial charge in [-0.1, -0.05) is 19.1 Å². The van der Waals surface area contributed by atoms with E-state index in [1.807, 2.05) is 6.07 Å². The first-order chi connectivity index (χ1) is 20.3. The summed E-state index contributed by atoms with van der Waals surface area (Å²) in [6, 6.07) is 5.44. The Labute approximate surface area is 245 Å². The van der Waals surface area contributed by atoms with Gasteiger partial charge in [-0.05, 0) is 43.5 Å². The second kappa shape index (κ2) is 10.5. The van der Waals surface area contributed by atoms with Gasteiger partial charge in [0, 0.05) is 55.8 Å². The molecule has 0 amide bonds. The second-order valence-corrected chi connectivity index (χ2v) is 12.1. The minimum atomic E-state index is -3.81. The molecule has 3 aliphatic heterocycles. The van der Waals surface area contributed by atoms with Crippen LogP contribution in [0.2, 0.25) is 0 Å². The molecule has 1 aromatic carbocycles. The van der Waals surface area contributed by atoms with Gasteiger partial charge in [0.05, 0.1) is 39.4 Å². The van der Waals surface area contributed by atoms with Crippen LogP contribution in [0.4, 0.5) is 19.0 Å². The number of halogens is 4. The highest BCUT2D eigenvalue weighted by molar-refractivity contribution is 6.23. The van der Waals surface area contributed by atoms with Crippen molar-refractivity contribution in [2.45, 2.75) is 55.7 Å². The Balaban J connectivity index is 1.39. The summed E-state index contributed by atoms with van der Waals surface area (Å²) in [7, 11) is 0. The fourth-order valence-corrected chi connectivity index (χ4v) is 7.12. The van der Waals surface area contributed by atoms with E-state index in [1.165, 1.54) is 0 Å². The van der Waals surface area contributed by atoms with Crippen LogP contribution in [0.3, 0.4) is 0 Å². The predicted molar refractivity (Wildman–Crippen MR) is 155 cm³/mol. The predicted octanol–water partition coefficient (Wildman–Crippen LogP) is 5.00. The molecule has 1 unspecified atom stereocenters. The smallest absolute Gasteiger partial charge is 0.352 e. The quantitative estimate of drug-likeness (QED) is 0.286. The third-order valence-electron chi connectivity index (χ3n) is 9.00. The van der Waals surface area contributed by atoms with Gasteiger partial charge in [0.2, 0.25) is 0 Å². The number of alkyl halides is 4. The minimum Gasteiger partial charge on any atom is -0.461 e. The lowest BCUT2D eigenvalue weighted by Crippen LogP contribution is -2.50. The highest BCUT2D eigenvalue weighted by atomic mass is 35.5. The van der Waals surface area contributed by atoms with Crippen molar-refractivity contribution in [3.63, 3.8) is 0 Å². The molecule has 9 nitrogen and oxygen atoms in total. The number of hydrogen-bond donors (Lipinski definition) is 2. The second-order valence-electron chi connectivity index (χ2n) is 11.6. The SMILES string of the molecule is CCC1CN(c2nc(OC[C@@]34CCCN3C[C@H](F)C4)nc3c(C(F)(F)Cl)c(-c4cccc5[nH]ncc45)ncc23)CCN1. The lowest BCUT2D eigenvalue weighted by atomic mass is 9.95. The summed E-state index contributed by atoms with van der Waals surface area (Å²) in [5.41, 5.74) is 0.155. The fraction of sp³-hybridized carbons (Fsp3) is 0.517. The zero-order chi connectivity index (χ0) is 29.1. The van der Waals surface area contributed by atoms with Crippen molar-refractivity contribution < 1.29 is 17.9 Å². The van der Waals surface area contributed by atoms with Crippen LogP contribution in [-0.2, 0) is 5.38 Å². The third kappa shape index (κ3) is 4.73. The maximum Gasteiger partial charge on any atom is 0.352 e. The van der Waals surface area contributed by atoms with Crippen molar-refractivity contribution in [1.29, 1.82) is 0 Å². The monoisotopic (exact) mass is 600 g/mol. The first-order valence-corrected chi connectivity index (χ1v) is 14.8. The number of H-pyrrole nitrogens is 1. The average Bonchev–Trinajstić information content (AvgIpc) is 3.68. The van der Waals surface area contributed by atoms with Crippen LogP contribution in [0.1, 0.15) is 38.2 Å². The highest BCUT2D eigenvalue weighted by Gasteiger charge is 2.49. The molecule has 4 aromatic rings. The molecule has 0 radical (unpaired) electrons. The lowest BCUT2D eigenvalue weighted by molar-refractivity contribution is 0.0965. The zero-order valence-corrected chi connectivity index (χ0v) is 24.0. The number of pyridine rings is 1. The molecular weight excluding hydrogens is 569 g/mol. The molecule has 0 aliphatic carbocycles. The zero-order valence-electron chi connectivity index (χ0n) is 23.2. The number of aromatic nitrogens is 5. The van der Waals surface area contributed by atoms with Crippen LogP contribution in [0, 0.1) is 0 Å². The van der Waals surface area contributed by atoms with E-state index >= 15 is 8.78 Å². The van der Waals surface area contributed by atoms with Crippen LogP contribution >= 0.6 is 11.6 Å². The van der Waals surface area contributed by atoms with E-state index in [0.717, 1.165) is 25.8 Å². The normalized spacial score (nSPS) is 25.0. The number of aromatic amines is 1. The van der Waals surface area contributed by atoms with Crippen molar-refractivity contribution in [3.8, 4) is 17.3 Å². The summed E-state index contributed by atoms with van der Waals surface area (Å²) in [6.07, 6.45) is 5.22. The summed E-state index contributed by atoms with van der Waals surface area (Å²) in [5.74, 6) is 0.466. The Morgan fingerprint density at radius 3 is 2.88 bits per heavy atom. The van der Waals surface area contributed by atoms with Gasteiger partial charge in [-0.2, -0.15) is 23.8 Å². The van der Waals surface area contributed by atoms with Gasteiger partial charge >= 0.3 is 11.4 Å². The highest BCUT2D eigenvalue weighted by Crippen LogP contribution is 2.45. The largest absolute Gasteiger partial charge is 0.461 e. The van der Waals surface area contributed by atoms with Crippen LogP contribution in [0.5, 0.6) is 6.01 Å². The molecule has 6 heterocycles. The number of hydrogen-bond acceptors (Lipinski definition) is 8. The summed E-state index contributed by atoms with van der Waals surface area (Å²) in [6.45, 7) is 5.42. The Bertz CT molecular complexity index is 1630. The molecule has 42 heavy (non-hydrogen) atoms. The van der Waals surface area contributed by atoms with Crippen molar-refractivity contribution in [2.24, 2.45) is 0 Å². The Morgan fingerprint density at radius 1 is 1.17 bits per heavy atom. The van der Waals surface area contributed by atoms with Crippen LogP contribution in [0.25, 0.3) is 33.1 Å². The van der Waals surface area contributed by atoms with Crippen LogP contribution in [0.15, 0.2) is 30.6 Å². The van der Waals surface area contributed by atoms with Crippen molar-refractivity contribution in [3.05, 3.63) is 36.2 Å². The average molecular weight is 601 g/mol. The van der Waals surface area contributed by atoms with Gasteiger partial charge < -0.3 is 15.0 Å². The first-order valence-electron chi connectivity index (χ1n) is 14.5. The fourth-order valence-electron chi connectivity index (χ4n) is 6.94. The molecule has 0 bridgehead atoms. The number of fused-ring (bicyclic) bond motifs is 3. The Hall–Kier alpha value is -3.22. The molecule has 3 fully saturated rings. The molecule has 0 spiro atoms. The van der Waals surface area contributed by atoms with Crippen molar-refractivity contribution >= 4 is 39.2 Å². The molecule has 3 atom stereocenters. The molecule has 3 saturated heterocycles. The van der Waals surface area contributed by atoms with E-state index in [2.05, 4.69) is 42.2 Å². The molecule has 3 aliphatic rings. The third-order valence-corrected chi connectivity index (χ3v) is 9.19. The molecular formula is C29H32ClF3N8O. The van der Waals surface area contributed by atoms with Crippen LogP contribution in [-0.4, -0.2) is 87.1 Å². The summed E-state index contributed by atoms with van der Waals surface area (Å²) in [5, 5.41) is 7.62. The molecule has 0 saturated carbocycles. The number of nitrogens with one attached hydrogen (secondary N) is 2. The number of rotatable bonds is 7. The number of benzene rings is 1. The van der Waals surface area contributed by atoms with E-state index < -0.39 is 22.7 Å². The Morgan fingerprint density at radius 2 is 2.05 bits per heavy atom. The maximum absolute atomic E-state index is 15.5. The molecule has 222 valence electrons. The van der Waals surface area contributed by atoms with Gasteiger partial charge in [-0.25, -0.2) is 4.39 Å². The summed E-state index contributed by atoms with van der Waals surface area (Å²) in [4.78, 5) is 18.1. The van der Waals surface area contributed by atoms with Crippen molar-refractivity contribution in [1.82, 2.24) is 35.4 Å². The number of ether oxygens (including phenoxy) is 1. The van der Waals surface area contributed by atoms with E-state index in [9.17, 15) is 4.39 Å². The summed E-state index contributed by atoms with van der Waals surface area (Å²) < 4.78 is 51.6. The maximum atomic E-state index is 15.5. The van der Waals surface area contributed by atoms with Crippen LogP contribution < -0.4 is 15.0 Å². The molecule has 13 heteroatoms. The van der Waals surface area contributed by atoms with Crippen molar-refractivity contribution in [2.75, 3.05) is 44.2 Å². The topological polar surface area (TPSA) is 95.1 Å². The van der Waals surface area contributed by atoms with Gasteiger partial charge in [-0.15, -0.1) is 0 Å². The summed E-state index contributed by atoms with van der Waals surface area (Å²) >= 11 is 5.85. The minimum absolute atomic E-state index is 0.00784. The van der Waals surface area contributed by atoms with E-state index in [-0.39, 0.29) is 29.9 Å². The van der Waals surface area contributed by atoms with Gasteiger partial charge in [0.25, 0.3) is 0 Å². The van der Waals surface area contributed by atoms with Gasteiger partial charge in [-0.3, -0.25) is 15.0 Å². The number of nitrogens with zero attached hydrogens (tertiary/aromatic N) is 6. The Kier molecular flexibility index (Phi) is 6.90. The van der Waals surface area contributed by atoms with Gasteiger partial charge in [0.1, 0.15) is 18.6 Å². The number of piperazine rings is 1. The van der Waals surface area contributed by atoms with E-state index in [1.54, 1.807) is 24.5 Å². The first kappa shape index (κ1) is 27.6. The number of anilines is 1. The van der Waals surface area contributed by atoms with E-state index in [0.29, 0.717) is 60.3 Å². The molecule has 2 N–H and O–H groups in total.